The van der Waals surface area contributed by atoms with E-state index >= 15 is 0 Å². The van der Waals surface area contributed by atoms with E-state index in [1.165, 1.54) is 19.3 Å². The van der Waals surface area contributed by atoms with Crippen LogP contribution >= 0.6 is 0 Å². The number of aliphatic imine (C=N–C) groups is 1. The van der Waals surface area contributed by atoms with E-state index < -0.39 is 0 Å². The Kier molecular flexibility index (Phi) is 7.84. The fourth-order valence-electron chi connectivity index (χ4n) is 3.04. The van der Waals surface area contributed by atoms with Gasteiger partial charge in [-0.25, -0.2) is 4.98 Å². The lowest BCUT2D eigenvalue weighted by molar-refractivity contribution is -0.116. The van der Waals surface area contributed by atoms with Crippen LogP contribution in [0.1, 0.15) is 37.7 Å². The predicted octanol–water partition coefficient (Wildman–Crippen LogP) is 2.09. The fraction of sp³-hybridized carbons (Fsp3) is 0.632. The number of carbonyl (C=O) groups is 1. The summed E-state index contributed by atoms with van der Waals surface area (Å²) in [6.07, 6.45) is 6.90. The van der Waals surface area contributed by atoms with E-state index in [1.54, 1.807) is 26.4 Å². The van der Waals surface area contributed by atoms with Gasteiger partial charge in [0.25, 0.3) is 0 Å². The van der Waals surface area contributed by atoms with Crippen LogP contribution in [0, 0.1) is 12.3 Å². The van der Waals surface area contributed by atoms with Gasteiger partial charge in [-0.05, 0) is 43.2 Å². The summed E-state index contributed by atoms with van der Waals surface area (Å²) in [5.74, 6) is 1.24. The largest absolute Gasteiger partial charge is 0.385 e. The van der Waals surface area contributed by atoms with E-state index in [2.05, 4.69) is 25.9 Å². The number of aromatic nitrogens is 1. The van der Waals surface area contributed by atoms with Gasteiger partial charge in [-0.1, -0.05) is 12.5 Å². The summed E-state index contributed by atoms with van der Waals surface area (Å²) in [6.45, 7) is 4.16. The van der Waals surface area contributed by atoms with Crippen molar-refractivity contribution in [3.8, 4) is 0 Å². The van der Waals surface area contributed by atoms with Gasteiger partial charge in [-0.15, -0.1) is 0 Å². The van der Waals surface area contributed by atoms with Gasteiger partial charge in [0.15, 0.2) is 5.96 Å². The topological polar surface area (TPSA) is 87.6 Å². The third-order valence-corrected chi connectivity index (χ3v) is 4.93. The maximum Gasteiger partial charge on any atom is 0.227 e. The molecule has 7 heteroatoms. The number of anilines is 1. The van der Waals surface area contributed by atoms with Gasteiger partial charge in [-0.3, -0.25) is 9.79 Å². The van der Waals surface area contributed by atoms with Gasteiger partial charge >= 0.3 is 0 Å². The van der Waals surface area contributed by atoms with Gasteiger partial charge in [0.1, 0.15) is 5.82 Å². The van der Waals surface area contributed by atoms with Crippen molar-refractivity contribution >= 4 is 17.7 Å². The van der Waals surface area contributed by atoms with E-state index in [0.29, 0.717) is 24.2 Å². The van der Waals surface area contributed by atoms with Crippen LogP contribution in [0.5, 0.6) is 0 Å². The molecule has 1 heterocycles. The molecule has 144 valence electrons. The SMILES string of the molecule is CN=C(NCCC(=O)Nc1ccc(C)cn1)NCC1(CCOC)CCC1. The van der Waals surface area contributed by atoms with Crippen molar-refractivity contribution in [2.24, 2.45) is 10.4 Å². The summed E-state index contributed by atoms with van der Waals surface area (Å²) in [6, 6.07) is 3.73. The maximum absolute atomic E-state index is 12.0. The molecule has 0 aromatic carbocycles. The van der Waals surface area contributed by atoms with Crippen LogP contribution in [-0.4, -0.2) is 50.7 Å². The molecule has 1 aromatic rings. The van der Waals surface area contributed by atoms with Crippen molar-refractivity contribution in [3.05, 3.63) is 23.9 Å². The molecule has 0 unspecified atom stereocenters. The van der Waals surface area contributed by atoms with Gasteiger partial charge in [-0.2, -0.15) is 0 Å². The van der Waals surface area contributed by atoms with Crippen molar-refractivity contribution in [1.82, 2.24) is 15.6 Å². The molecular weight excluding hydrogens is 330 g/mol. The average molecular weight is 361 g/mol. The van der Waals surface area contributed by atoms with Crippen molar-refractivity contribution in [3.63, 3.8) is 0 Å². The molecule has 0 radical (unpaired) electrons. The van der Waals surface area contributed by atoms with Crippen LogP contribution in [0.4, 0.5) is 5.82 Å². The number of nitrogens with one attached hydrogen (secondary N) is 3. The molecule has 2 rings (SSSR count). The van der Waals surface area contributed by atoms with E-state index in [9.17, 15) is 4.79 Å². The van der Waals surface area contributed by atoms with E-state index in [-0.39, 0.29) is 5.91 Å². The van der Waals surface area contributed by atoms with Crippen molar-refractivity contribution < 1.29 is 9.53 Å². The van der Waals surface area contributed by atoms with Gasteiger partial charge in [0.2, 0.25) is 5.91 Å². The Balaban J connectivity index is 1.68. The zero-order valence-electron chi connectivity index (χ0n) is 16.1. The molecule has 1 aromatic heterocycles. The number of amides is 1. The molecule has 7 nitrogen and oxygen atoms in total. The van der Waals surface area contributed by atoms with E-state index in [4.69, 9.17) is 4.74 Å². The smallest absolute Gasteiger partial charge is 0.227 e. The molecule has 0 spiro atoms. The molecule has 0 saturated heterocycles. The minimum Gasteiger partial charge on any atom is -0.385 e. The monoisotopic (exact) mass is 361 g/mol. The number of pyridine rings is 1. The lowest BCUT2D eigenvalue weighted by atomic mass is 9.67. The first-order chi connectivity index (χ1) is 12.6. The second-order valence-corrected chi connectivity index (χ2v) is 6.97. The molecule has 3 N–H and O–H groups in total. The number of ether oxygens (including phenoxy) is 1. The first-order valence-electron chi connectivity index (χ1n) is 9.23. The highest BCUT2D eigenvalue weighted by atomic mass is 16.5. The van der Waals surface area contributed by atoms with Crippen LogP contribution < -0.4 is 16.0 Å². The number of guanidine groups is 1. The van der Waals surface area contributed by atoms with Crippen LogP contribution in [0.2, 0.25) is 0 Å². The van der Waals surface area contributed by atoms with E-state index in [1.807, 2.05) is 13.0 Å². The van der Waals surface area contributed by atoms with Crippen LogP contribution in [0.15, 0.2) is 23.3 Å². The second-order valence-electron chi connectivity index (χ2n) is 6.97. The van der Waals surface area contributed by atoms with Crippen molar-refractivity contribution in [2.75, 3.05) is 39.2 Å². The Labute approximate surface area is 156 Å². The third kappa shape index (κ3) is 6.29. The van der Waals surface area contributed by atoms with Gasteiger partial charge in [0.05, 0.1) is 0 Å². The minimum atomic E-state index is -0.0696. The standard InChI is InChI=1S/C19H31N5O2/c1-15-5-6-16(22-13-15)24-17(25)7-11-21-18(20-2)23-14-19(8-4-9-19)10-12-26-3/h5-6,13H,4,7-12,14H2,1-3H3,(H2,20,21,23)(H,22,24,25). The molecule has 1 saturated carbocycles. The number of methoxy groups -OCH3 is 1. The Hall–Kier alpha value is -2.15. The highest BCUT2D eigenvalue weighted by Crippen LogP contribution is 2.43. The first-order valence-corrected chi connectivity index (χ1v) is 9.23. The Morgan fingerprint density at radius 1 is 1.35 bits per heavy atom. The molecule has 1 amide bonds. The zero-order chi connectivity index (χ0) is 18.8. The molecule has 0 bridgehead atoms. The van der Waals surface area contributed by atoms with Crippen LogP contribution in [0.3, 0.4) is 0 Å². The number of nitrogens with zero attached hydrogens (tertiary/aromatic N) is 2. The predicted molar refractivity (Wildman–Crippen MR) is 104 cm³/mol. The van der Waals surface area contributed by atoms with Gasteiger partial charge in [0, 0.05) is 46.5 Å². The average Bonchev–Trinajstić information content (AvgIpc) is 2.60. The summed E-state index contributed by atoms with van der Waals surface area (Å²) in [5.41, 5.74) is 1.39. The van der Waals surface area contributed by atoms with E-state index in [0.717, 1.165) is 31.1 Å². The van der Waals surface area contributed by atoms with Crippen molar-refractivity contribution in [1.29, 1.82) is 0 Å². The first kappa shape index (κ1) is 20.2. The molecule has 0 atom stereocenters. The number of hydrogen-bond donors (Lipinski definition) is 3. The molecule has 1 fully saturated rings. The zero-order valence-corrected chi connectivity index (χ0v) is 16.1. The third-order valence-electron chi connectivity index (χ3n) is 4.93. The molecule has 1 aliphatic carbocycles. The molecule has 26 heavy (non-hydrogen) atoms. The fourth-order valence-corrected chi connectivity index (χ4v) is 3.04. The van der Waals surface area contributed by atoms with Crippen LogP contribution in [0.25, 0.3) is 0 Å². The lowest BCUT2D eigenvalue weighted by Gasteiger charge is -2.42. The molecule has 1 aliphatic rings. The van der Waals surface area contributed by atoms with Crippen LogP contribution in [-0.2, 0) is 9.53 Å². The summed E-state index contributed by atoms with van der Waals surface area (Å²) in [5, 5.41) is 9.38. The number of aryl methyl sites for hydroxylation is 1. The second kappa shape index (κ2) is 10.1. The summed E-state index contributed by atoms with van der Waals surface area (Å²) in [7, 11) is 3.49. The Morgan fingerprint density at radius 3 is 2.73 bits per heavy atom. The normalized spacial score (nSPS) is 15.9. The number of hydrogen-bond acceptors (Lipinski definition) is 4. The Morgan fingerprint density at radius 2 is 2.15 bits per heavy atom. The number of carbonyl (C=O) groups excluding carboxylic acids is 1. The lowest BCUT2D eigenvalue weighted by Crippen LogP contribution is -2.47. The highest BCUT2D eigenvalue weighted by Gasteiger charge is 2.36. The number of rotatable bonds is 9. The Bertz CT molecular complexity index is 596. The van der Waals surface area contributed by atoms with Crippen molar-refractivity contribution in [2.45, 2.75) is 39.0 Å². The highest BCUT2D eigenvalue weighted by molar-refractivity contribution is 5.90. The molecule has 0 aliphatic heterocycles. The quantitative estimate of drug-likeness (QED) is 0.463. The maximum atomic E-state index is 12.0. The van der Waals surface area contributed by atoms with Gasteiger partial charge < -0.3 is 20.7 Å². The summed E-state index contributed by atoms with van der Waals surface area (Å²) in [4.78, 5) is 20.4. The minimum absolute atomic E-state index is 0.0696. The molecular formula is C19H31N5O2. The summed E-state index contributed by atoms with van der Waals surface area (Å²) < 4.78 is 5.23. The summed E-state index contributed by atoms with van der Waals surface area (Å²) >= 11 is 0.